The number of nitrogens with two attached hydrogens (primary N) is 1. The fourth-order valence-corrected chi connectivity index (χ4v) is 2.13. The Balaban J connectivity index is 2.23. The summed E-state index contributed by atoms with van der Waals surface area (Å²) in [4.78, 5) is 2.36. The summed E-state index contributed by atoms with van der Waals surface area (Å²) in [5.41, 5.74) is 9.30. The third kappa shape index (κ3) is 2.07. The largest absolute Gasteiger partial charge is 0.399 e. The van der Waals surface area contributed by atoms with Gasteiger partial charge in [0.05, 0.1) is 0 Å². The minimum atomic E-state index is 0.809. The molecule has 2 nitrogen and oxygen atoms in total. The summed E-state index contributed by atoms with van der Waals surface area (Å²) >= 11 is 0. The van der Waals surface area contributed by atoms with Gasteiger partial charge in [-0.3, -0.25) is 0 Å². The Bertz CT molecular complexity index is 390. The van der Waals surface area contributed by atoms with E-state index in [-0.39, 0.29) is 0 Å². The summed E-state index contributed by atoms with van der Waals surface area (Å²) in [6, 6.07) is 6.16. The smallest absolute Gasteiger partial charge is 0.0400 e. The molecule has 0 unspecified atom stereocenters. The Morgan fingerprint density at radius 3 is 3.13 bits per heavy atom. The number of aryl methyl sites for hydroxylation is 1. The Morgan fingerprint density at radius 1 is 1.47 bits per heavy atom. The van der Waals surface area contributed by atoms with Crippen molar-refractivity contribution in [2.45, 2.75) is 19.3 Å². The highest BCUT2D eigenvalue weighted by molar-refractivity contribution is 5.61. The van der Waals surface area contributed by atoms with Crippen LogP contribution in [0.15, 0.2) is 18.2 Å². The summed E-state index contributed by atoms with van der Waals surface area (Å²) in [6.07, 6.45) is 8.43. The Morgan fingerprint density at radius 2 is 2.33 bits per heavy atom. The van der Waals surface area contributed by atoms with Crippen LogP contribution in [0.4, 0.5) is 11.4 Å². The number of hydrogen-bond acceptors (Lipinski definition) is 2. The van der Waals surface area contributed by atoms with Crippen LogP contribution >= 0.6 is 0 Å². The molecule has 1 aromatic rings. The van der Waals surface area contributed by atoms with Crippen LogP contribution in [0.2, 0.25) is 0 Å². The van der Waals surface area contributed by atoms with Gasteiger partial charge in [-0.1, -0.05) is 0 Å². The molecule has 0 aliphatic carbocycles. The maximum Gasteiger partial charge on any atom is 0.0400 e. The maximum absolute atomic E-state index is 5.78. The molecule has 0 bridgehead atoms. The van der Waals surface area contributed by atoms with E-state index in [2.05, 4.69) is 23.0 Å². The van der Waals surface area contributed by atoms with Crippen molar-refractivity contribution >= 4 is 11.4 Å². The molecule has 1 aliphatic heterocycles. The average Bonchev–Trinajstić information content (AvgIpc) is 2.25. The standard InChI is InChI=1S/C13H16N2/c1-2-3-8-15-9-4-5-11-10-12(14)6-7-13(11)15/h1,6-7,10H,3-5,8-9,14H2. The van der Waals surface area contributed by atoms with E-state index >= 15 is 0 Å². The van der Waals surface area contributed by atoms with Gasteiger partial charge in [0, 0.05) is 30.9 Å². The van der Waals surface area contributed by atoms with Gasteiger partial charge >= 0.3 is 0 Å². The third-order valence-electron chi connectivity index (χ3n) is 2.84. The highest BCUT2D eigenvalue weighted by Crippen LogP contribution is 2.28. The van der Waals surface area contributed by atoms with Crippen LogP contribution in [-0.4, -0.2) is 13.1 Å². The lowest BCUT2D eigenvalue weighted by molar-refractivity contribution is 0.696. The normalized spacial score (nSPS) is 14.5. The topological polar surface area (TPSA) is 29.3 Å². The van der Waals surface area contributed by atoms with Gasteiger partial charge in [0.15, 0.2) is 0 Å². The molecule has 1 aromatic carbocycles. The number of fused-ring (bicyclic) bond motifs is 1. The van der Waals surface area contributed by atoms with Crippen molar-refractivity contribution in [3.63, 3.8) is 0 Å². The van der Waals surface area contributed by atoms with Crippen molar-refractivity contribution in [3.8, 4) is 12.3 Å². The van der Waals surface area contributed by atoms with E-state index in [0.717, 1.165) is 31.6 Å². The lowest BCUT2D eigenvalue weighted by atomic mass is 10.0. The number of rotatable bonds is 2. The first kappa shape index (κ1) is 9.92. The number of nitrogen functional groups attached to an aromatic ring is 1. The monoisotopic (exact) mass is 200 g/mol. The van der Waals surface area contributed by atoms with Gasteiger partial charge in [-0.2, -0.15) is 0 Å². The molecule has 0 spiro atoms. The first-order valence-corrected chi connectivity index (χ1v) is 5.38. The number of anilines is 2. The van der Waals surface area contributed by atoms with Gasteiger partial charge in [0.2, 0.25) is 0 Å². The van der Waals surface area contributed by atoms with Crippen LogP contribution in [0, 0.1) is 12.3 Å². The first-order valence-electron chi connectivity index (χ1n) is 5.38. The van der Waals surface area contributed by atoms with E-state index in [1.165, 1.54) is 17.7 Å². The van der Waals surface area contributed by atoms with Crippen LogP contribution in [0.1, 0.15) is 18.4 Å². The Labute approximate surface area is 91.1 Å². The van der Waals surface area contributed by atoms with Gasteiger partial charge in [0.25, 0.3) is 0 Å². The van der Waals surface area contributed by atoms with E-state index in [0.29, 0.717) is 0 Å². The molecule has 2 heteroatoms. The van der Waals surface area contributed by atoms with E-state index in [9.17, 15) is 0 Å². The highest BCUT2D eigenvalue weighted by atomic mass is 15.1. The zero-order chi connectivity index (χ0) is 10.7. The second kappa shape index (κ2) is 4.27. The quantitative estimate of drug-likeness (QED) is 0.584. The van der Waals surface area contributed by atoms with E-state index < -0.39 is 0 Å². The molecular weight excluding hydrogens is 184 g/mol. The second-order valence-corrected chi connectivity index (χ2v) is 3.93. The molecule has 0 fully saturated rings. The minimum absolute atomic E-state index is 0.809. The molecule has 15 heavy (non-hydrogen) atoms. The molecule has 2 rings (SSSR count). The van der Waals surface area contributed by atoms with Gasteiger partial charge in [0.1, 0.15) is 0 Å². The van der Waals surface area contributed by atoms with Crippen LogP contribution < -0.4 is 10.6 Å². The van der Waals surface area contributed by atoms with Crippen molar-refractivity contribution in [3.05, 3.63) is 23.8 Å². The molecule has 0 amide bonds. The zero-order valence-electron chi connectivity index (χ0n) is 8.87. The van der Waals surface area contributed by atoms with Crippen LogP contribution in [0.3, 0.4) is 0 Å². The highest BCUT2D eigenvalue weighted by Gasteiger charge is 2.15. The summed E-state index contributed by atoms with van der Waals surface area (Å²) in [6.45, 7) is 2.06. The molecule has 1 heterocycles. The van der Waals surface area contributed by atoms with Crippen molar-refractivity contribution < 1.29 is 0 Å². The van der Waals surface area contributed by atoms with Gasteiger partial charge in [-0.05, 0) is 36.6 Å². The predicted molar refractivity (Wildman–Crippen MR) is 64.8 cm³/mol. The second-order valence-electron chi connectivity index (χ2n) is 3.93. The molecule has 0 atom stereocenters. The molecule has 0 saturated heterocycles. The molecule has 0 aromatic heterocycles. The lowest BCUT2D eigenvalue weighted by Gasteiger charge is -2.31. The summed E-state index contributed by atoms with van der Waals surface area (Å²) < 4.78 is 0. The Kier molecular flexibility index (Phi) is 2.82. The molecule has 0 saturated carbocycles. The van der Waals surface area contributed by atoms with Crippen LogP contribution in [0.5, 0.6) is 0 Å². The predicted octanol–water partition coefficient (Wildman–Crippen LogP) is 2.04. The van der Waals surface area contributed by atoms with Crippen LogP contribution in [0.25, 0.3) is 0 Å². The lowest BCUT2D eigenvalue weighted by Crippen LogP contribution is -2.30. The SMILES string of the molecule is C#CCCN1CCCc2cc(N)ccc21. The van der Waals surface area contributed by atoms with Crippen molar-refractivity contribution in [2.75, 3.05) is 23.7 Å². The third-order valence-corrected chi connectivity index (χ3v) is 2.84. The van der Waals surface area contributed by atoms with Gasteiger partial charge < -0.3 is 10.6 Å². The number of terminal acetylenes is 1. The first-order chi connectivity index (χ1) is 7.31. The summed E-state index contributed by atoms with van der Waals surface area (Å²) in [5.74, 6) is 2.69. The van der Waals surface area contributed by atoms with Gasteiger partial charge in [-0.15, -0.1) is 12.3 Å². The van der Waals surface area contributed by atoms with E-state index in [1.54, 1.807) is 0 Å². The zero-order valence-corrected chi connectivity index (χ0v) is 8.87. The summed E-state index contributed by atoms with van der Waals surface area (Å²) in [5, 5.41) is 0. The molecular formula is C13H16N2. The average molecular weight is 200 g/mol. The van der Waals surface area contributed by atoms with Crippen molar-refractivity contribution in [1.29, 1.82) is 0 Å². The maximum atomic E-state index is 5.78. The minimum Gasteiger partial charge on any atom is -0.399 e. The Hall–Kier alpha value is -1.62. The number of benzene rings is 1. The van der Waals surface area contributed by atoms with Crippen molar-refractivity contribution in [1.82, 2.24) is 0 Å². The fraction of sp³-hybridized carbons (Fsp3) is 0.385. The number of hydrogen-bond donors (Lipinski definition) is 1. The summed E-state index contributed by atoms with van der Waals surface area (Å²) in [7, 11) is 0. The fourth-order valence-electron chi connectivity index (χ4n) is 2.13. The molecule has 1 aliphatic rings. The molecule has 2 N–H and O–H groups in total. The van der Waals surface area contributed by atoms with Crippen LogP contribution in [-0.2, 0) is 6.42 Å². The molecule has 0 radical (unpaired) electrons. The van der Waals surface area contributed by atoms with E-state index in [1.807, 2.05) is 6.07 Å². The van der Waals surface area contributed by atoms with Crippen molar-refractivity contribution in [2.24, 2.45) is 0 Å². The number of nitrogens with zero attached hydrogens (tertiary/aromatic N) is 1. The van der Waals surface area contributed by atoms with E-state index in [4.69, 9.17) is 12.2 Å². The van der Waals surface area contributed by atoms with Gasteiger partial charge in [-0.25, -0.2) is 0 Å². The molecule has 78 valence electrons.